The summed E-state index contributed by atoms with van der Waals surface area (Å²) >= 11 is 0. The van der Waals surface area contributed by atoms with Gasteiger partial charge in [-0.15, -0.1) is 0 Å². The Bertz CT molecular complexity index is 897. The maximum absolute atomic E-state index is 5.87. The van der Waals surface area contributed by atoms with Gasteiger partial charge in [0, 0.05) is 36.7 Å². The zero-order chi connectivity index (χ0) is 17.8. The van der Waals surface area contributed by atoms with Crippen LogP contribution in [0.4, 0.5) is 0 Å². The van der Waals surface area contributed by atoms with E-state index in [9.17, 15) is 0 Å². The van der Waals surface area contributed by atoms with Crippen LogP contribution in [0.25, 0.3) is 10.9 Å². The van der Waals surface area contributed by atoms with Gasteiger partial charge >= 0.3 is 0 Å². The van der Waals surface area contributed by atoms with Crippen LogP contribution in [0, 0.1) is 0 Å². The first-order valence-corrected chi connectivity index (χ1v) is 8.82. The van der Waals surface area contributed by atoms with Crippen molar-refractivity contribution in [2.45, 2.75) is 6.54 Å². The fourth-order valence-electron chi connectivity index (χ4n) is 3.15. The second-order valence-electron chi connectivity index (χ2n) is 6.30. The number of aromatic nitrogens is 1. The molecule has 0 radical (unpaired) electrons. The van der Waals surface area contributed by atoms with Crippen molar-refractivity contribution in [3.8, 4) is 17.4 Å². The molecule has 1 aliphatic rings. The molecule has 134 valence electrons. The van der Waals surface area contributed by atoms with E-state index in [0.29, 0.717) is 13.2 Å². The molecule has 26 heavy (non-hydrogen) atoms. The van der Waals surface area contributed by atoms with Gasteiger partial charge in [-0.25, -0.2) is 4.98 Å². The third kappa shape index (κ3) is 3.73. The third-order valence-electron chi connectivity index (χ3n) is 4.52. The van der Waals surface area contributed by atoms with Crippen molar-refractivity contribution in [2.75, 3.05) is 33.4 Å². The second kappa shape index (κ2) is 7.62. The maximum Gasteiger partial charge on any atom is 0.218 e. The van der Waals surface area contributed by atoms with E-state index in [0.717, 1.165) is 53.5 Å². The summed E-state index contributed by atoms with van der Waals surface area (Å²) in [4.78, 5) is 7.00. The van der Waals surface area contributed by atoms with E-state index in [1.807, 2.05) is 42.5 Å². The zero-order valence-electron chi connectivity index (χ0n) is 14.9. The van der Waals surface area contributed by atoms with E-state index < -0.39 is 0 Å². The highest BCUT2D eigenvalue weighted by Gasteiger charge is 2.17. The zero-order valence-corrected chi connectivity index (χ0v) is 14.9. The Hall–Kier alpha value is -2.79. The van der Waals surface area contributed by atoms with Gasteiger partial charge in [0.15, 0.2) is 0 Å². The van der Waals surface area contributed by atoms with Gasteiger partial charge in [-0.1, -0.05) is 24.3 Å². The minimum Gasteiger partial charge on any atom is -0.497 e. The van der Waals surface area contributed by atoms with Crippen molar-refractivity contribution < 1.29 is 14.2 Å². The monoisotopic (exact) mass is 350 g/mol. The number of hydrogen-bond donors (Lipinski definition) is 0. The van der Waals surface area contributed by atoms with Crippen LogP contribution in [0.3, 0.4) is 0 Å². The number of nitrogens with zero attached hydrogens (tertiary/aromatic N) is 2. The van der Waals surface area contributed by atoms with E-state index in [2.05, 4.69) is 22.0 Å². The number of hydrogen-bond acceptors (Lipinski definition) is 5. The number of methoxy groups -OCH3 is 1. The van der Waals surface area contributed by atoms with Crippen molar-refractivity contribution in [2.24, 2.45) is 0 Å². The molecule has 0 N–H and O–H groups in total. The lowest BCUT2D eigenvalue weighted by Crippen LogP contribution is -2.30. The van der Waals surface area contributed by atoms with Gasteiger partial charge in [0.25, 0.3) is 0 Å². The smallest absolute Gasteiger partial charge is 0.218 e. The predicted octanol–water partition coefficient (Wildman–Crippen LogP) is 3.52. The topological polar surface area (TPSA) is 43.8 Å². The Morgan fingerprint density at radius 1 is 1.08 bits per heavy atom. The molecule has 0 saturated carbocycles. The van der Waals surface area contributed by atoms with Crippen LogP contribution in [-0.2, 0) is 6.54 Å². The molecule has 0 amide bonds. The molecule has 2 aromatic carbocycles. The fourth-order valence-corrected chi connectivity index (χ4v) is 3.15. The van der Waals surface area contributed by atoms with Crippen LogP contribution >= 0.6 is 0 Å². The first-order chi connectivity index (χ1) is 12.8. The van der Waals surface area contributed by atoms with Gasteiger partial charge in [0.1, 0.15) is 24.7 Å². The molecule has 0 saturated heterocycles. The molecule has 3 aromatic rings. The Kier molecular flexibility index (Phi) is 4.88. The average Bonchev–Trinajstić information content (AvgIpc) is 2.87. The van der Waals surface area contributed by atoms with E-state index in [-0.39, 0.29) is 0 Å². The Labute approximate surface area is 153 Å². The minimum atomic E-state index is 0.615. The number of fused-ring (bicyclic) bond motifs is 2. The lowest BCUT2D eigenvalue weighted by atomic mass is 10.1. The van der Waals surface area contributed by atoms with E-state index >= 15 is 0 Å². The lowest BCUT2D eigenvalue weighted by molar-refractivity contribution is 0.185. The van der Waals surface area contributed by atoms with Crippen molar-refractivity contribution in [3.05, 3.63) is 60.2 Å². The van der Waals surface area contributed by atoms with Crippen LogP contribution in [0.15, 0.2) is 54.6 Å². The van der Waals surface area contributed by atoms with Crippen molar-refractivity contribution in [1.82, 2.24) is 9.88 Å². The van der Waals surface area contributed by atoms with E-state index in [4.69, 9.17) is 14.2 Å². The van der Waals surface area contributed by atoms with E-state index in [1.54, 1.807) is 7.11 Å². The molecular weight excluding hydrogens is 328 g/mol. The highest BCUT2D eigenvalue weighted by Crippen LogP contribution is 2.25. The van der Waals surface area contributed by atoms with E-state index in [1.165, 1.54) is 0 Å². The molecule has 1 aliphatic heterocycles. The number of rotatable bonds is 5. The fraction of sp³-hybridized carbons (Fsp3) is 0.286. The number of ether oxygens (including phenoxy) is 3. The number of pyridine rings is 1. The number of para-hydroxylation sites is 1. The van der Waals surface area contributed by atoms with Crippen LogP contribution in [0.1, 0.15) is 5.56 Å². The van der Waals surface area contributed by atoms with Gasteiger partial charge in [-0.3, -0.25) is 4.90 Å². The largest absolute Gasteiger partial charge is 0.497 e. The first-order valence-electron chi connectivity index (χ1n) is 8.82. The average molecular weight is 350 g/mol. The van der Waals surface area contributed by atoms with Gasteiger partial charge in [-0.05, 0) is 24.3 Å². The summed E-state index contributed by atoms with van der Waals surface area (Å²) in [7, 11) is 1.66. The highest BCUT2D eigenvalue weighted by atomic mass is 16.5. The maximum atomic E-state index is 5.87. The third-order valence-corrected chi connectivity index (χ3v) is 4.52. The molecule has 0 fully saturated rings. The van der Waals surface area contributed by atoms with Crippen LogP contribution in [0.5, 0.6) is 17.4 Å². The van der Waals surface area contributed by atoms with Crippen LogP contribution in [-0.4, -0.2) is 43.3 Å². The van der Waals surface area contributed by atoms with Crippen molar-refractivity contribution in [1.29, 1.82) is 0 Å². The normalized spacial score (nSPS) is 14.3. The summed E-state index contributed by atoms with van der Waals surface area (Å²) in [6, 6.07) is 18.0. The van der Waals surface area contributed by atoms with Gasteiger partial charge in [-0.2, -0.15) is 0 Å². The second-order valence-corrected chi connectivity index (χ2v) is 6.30. The summed E-state index contributed by atoms with van der Waals surface area (Å²) in [5.74, 6) is 2.38. The standard InChI is InChI=1S/C21H22N2O3/c1-24-18-6-4-7-19(14-18)25-11-9-23-10-12-26-21-17(15-23)13-16-5-2-3-8-20(16)22-21/h2-8,13-14H,9-12,15H2,1H3. The van der Waals surface area contributed by atoms with Crippen LogP contribution in [0.2, 0.25) is 0 Å². The molecule has 5 heteroatoms. The molecule has 1 aromatic heterocycles. The molecule has 0 atom stereocenters. The van der Waals surface area contributed by atoms with Crippen molar-refractivity contribution >= 4 is 10.9 Å². The summed E-state index contributed by atoms with van der Waals surface area (Å²) < 4.78 is 17.0. The molecule has 0 bridgehead atoms. The summed E-state index contributed by atoms with van der Waals surface area (Å²) in [5.41, 5.74) is 2.10. The molecule has 4 rings (SSSR count). The number of benzene rings is 2. The Morgan fingerprint density at radius 2 is 1.96 bits per heavy atom. The quantitative estimate of drug-likeness (QED) is 0.704. The molecular formula is C21H22N2O3. The molecule has 0 unspecified atom stereocenters. The van der Waals surface area contributed by atoms with Gasteiger partial charge in [0.05, 0.1) is 12.6 Å². The lowest BCUT2D eigenvalue weighted by Gasteiger charge is -2.19. The summed E-state index contributed by atoms with van der Waals surface area (Å²) in [6.45, 7) is 3.75. The Balaban J connectivity index is 1.41. The Morgan fingerprint density at radius 3 is 2.88 bits per heavy atom. The summed E-state index contributed by atoms with van der Waals surface area (Å²) in [6.07, 6.45) is 0. The minimum absolute atomic E-state index is 0.615. The van der Waals surface area contributed by atoms with Gasteiger partial charge < -0.3 is 14.2 Å². The predicted molar refractivity (Wildman–Crippen MR) is 101 cm³/mol. The van der Waals surface area contributed by atoms with Crippen molar-refractivity contribution in [3.63, 3.8) is 0 Å². The highest BCUT2D eigenvalue weighted by molar-refractivity contribution is 5.80. The SMILES string of the molecule is COc1cccc(OCCN2CCOc3nc4ccccc4cc3C2)c1. The molecule has 0 spiro atoms. The molecule has 2 heterocycles. The van der Waals surface area contributed by atoms with Gasteiger partial charge in [0.2, 0.25) is 5.88 Å². The summed E-state index contributed by atoms with van der Waals surface area (Å²) in [5, 5.41) is 1.14. The first kappa shape index (κ1) is 16.7. The molecule has 5 nitrogen and oxygen atoms in total. The van der Waals surface area contributed by atoms with Crippen LogP contribution < -0.4 is 14.2 Å². The molecule has 0 aliphatic carbocycles.